The molecule has 1 aromatic carbocycles. The number of nitrogens with one attached hydrogen (secondary N) is 1. The number of anilines is 1. The van der Waals surface area contributed by atoms with Crippen molar-refractivity contribution in [1.29, 1.82) is 0 Å². The van der Waals surface area contributed by atoms with Gasteiger partial charge in [-0.1, -0.05) is 6.07 Å². The summed E-state index contributed by atoms with van der Waals surface area (Å²) < 4.78 is 10.4. The summed E-state index contributed by atoms with van der Waals surface area (Å²) in [4.78, 5) is 10.7. The molecule has 104 valence electrons. The lowest BCUT2D eigenvalue weighted by molar-refractivity contribution is -0.384. The predicted molar refractivity (Wildman–Crippen MR) is 71.7 cm³/mol. The van der Waals surface area contributed by atoms with E-state index in [0.29, 0.717) is 5.69 Å². The Labute approximate surface area is 111 Å². The third-order valence-electron chi connectivity index (χ3n) is 3.48. The SMILES string of the molecule is COc1cccc(NC2CCC(OC)C2)c1[N+](=O)[O-]. The Balaban J connectivity index is 2.18. The number of nitrogens with zero attached hydrogens (tertiary/aromatic N) is 1. The summed E-state index contributed by atoms with van der Waals surface area (Å²) >= 11 is 0. The molecule has 0 bridgehead atoms. The average molecular weight is 266 g/mol. The number of nitro benzene ring substituents is 1. The quantitative estimate of drug-likeness (QED) is 0.655. The van der Waals surface area contributed by atoms with Gasteiger partial charge < -0.3 is 14.8 Å². The number of rotatable bonds is 5. The van der Waals surface area contributed by atoms with Crippen LogP contribution in [0.25, 0.3) is 0 Å². The summed E-state index contributed by atoms with van der Waals surface area (Å²) in [6.45, 7) is 0. The van der Waals surface area contributed by atoms with Gasteiger partial charge in [-0.2, -0.15) is 0 Å². The van der Waals surface area contributed by atoms with Crippen molar-refractivity contribution in [3.8, 4) is 5.75 Å². The minimum atomic E-state index is -0.413. The number of ether oxygens (including phenoxy) is 2. The Bertz CT molecular complexity index is 464. The number of hydrogen-bond acceptors (Lipinski definition) is 5. The molecule has 0 saturated heterocycles. The molecule has 1 saturated carbocycles. The van der Waals surface area contributed by atoms with Gasteiger partial charge in [-0.15, -0.1) is 0 Å². The van der Waals surface area contributed by atoms with Crippen LogP contribution in [0.1, 0.15) is 19.3 Å². The van der Waals surface area contributed by atoms with Gasteiger partial charge in [0.15, 0.2) is 5.75 Å². The Morgan fingerprint density at radius 1 is 1.37 bits per heavy atom. The summed E-state index contributed by atoms with van der Waals surface area (Å²) in [6, 6.07) is 5.25. The molecular formula is C13H18N2O4. The first-order valence-corrected chi connectivity index (χ1v) is 6.26. The van der Waals surface area contributed by atoms with Crippen LogP contribution in [0.5, 0.6) is 5.75 Å². The van der Waals surface area contributed by atoms with E-state index in [1.165, 1.54) is 7.11 Å². The van der Waals surface area contributed by atoms with Crippen LogP contribution < -0.4 is 10.1 Å². The first-order chi connectivity index (χ1) is 9.15. The molecule has 0 radical (unpaired) electrons. The maximum absolute atomic E-state index is 11.2. The fourth-order valence-corrected chi connectivity index (χ4v) is 2.50. The zero-order valence-corrected chi connectivity index (χ0v) is 11.1. The molecule has 0 aliphatic heterocycles. The van der Waals surface area contributed by atoms with E-state index in [1.807, 2.05) is 0 Å². The molecule has 0 heterocycles. The Kier molecular flexibility index (Phi) is 4.21. The molecule has 19 heavy (non-hydrogen) atoms. The first kappa shape index (κ1) is 13.6. The molecule has 1 fully saturated rings. The molecule has 0 amide bonds. The Hall–Kier alpha value is -1.82. The van der Waals surface area contributed by atoms with Crippen molar-refractivity contribution in [1.82, 2.24) is 0 Å². The van der Waals surface area contributed by atoms with Crippen molar-refractivity contribution in [3.05, 3.63) is 28.3 Å². The Morgan fingerprint density at radius 3 is 2.74 bits per heavy atom. The highest BCUT2D eigenvalue weighted by Gasteiger charge is 2.27. The second-order valence-electron chi connectivity index (χ2n) is 4.63. The molecule has 2 unspecified atom stereocenters. The number of nitro groups is 1. The van der Waals surface area contributed by atoms with Crippen molar-refractivity contribution in [2.24, 2.45) is 0 Å². The first-order valence-electron chi connectivity index (χ1n) is 6.26. The molecule has 2 atom stereocenters. The van der Waals surface area contributed by atoms with Crippen LogP contribution in [0, 0.1) is 10.1 Å². The summed E-state index contributed by atoms with van der Waals surface area (Å²) in [5.41, 5.74) is 0.497. The van der Waals surface area contributed by atoms with E-state index < -0.39 is 4.92 Å². The van der Waals surface area contributed by atoms with Crippen molar-refractivity contribution >= 4 is 11.4 Å². The molecule has 2 rings (SSSR count). The lowest BCUT2D eigenvalue weighted by Crippen LogP contribution is -2.18. The van der Waals surface area contributed by atoms with Crippen LogP contribution in [0.2, 0.25) is 0 Å². The molecule has 1 aliphatic carbocycles. The summed E-state index contributed by atoms with van der Waals surface area (Å²) in [7, 11) is 3.13. The fraction of sp³-hybridized carbons (Fsp3) is 0.538. The van der Waals surface area contributed by atoms with Crippen LogP contribution >= 0.6 is 0 Å². The van der Waals surface area contributed by atoms with E-state index >= 15 is 0 Å². The highest BCUT2D eigenvalue weighted by Crippen LogP contribution is 2.36. The summed E-state index contributed by atoms with van der Waals surface area (Å²) in [5.74, 6) is 0.274. The maximum Gasteiger partial charge on any atom is 0.333 e. The van der Waals surface area contributed by atoms with Crippen LogP contribution in [-0.2, 0) is 4.74 Å². The van der Waals surface area contributed by atoms with E-state index in [9.17, 15) is 10.1 Å². The molecule has 0 spiro atoms. The molecule has 0 aromatic heterocycles. The largest absolute Gasteiger partial charge is 0.490 e. The minimum Gasteiger partial charge on any atom is -0.490 e. The highest BCUT2D eigenvalue weighted by molar-refractivity contribution is 5.68. The maximum atomic E-state index is 11.2. The molecule has 6 heteroatoms. The van der Waals surface area contributed by atoms with E-state index in [0.717, 1.165) is 19.3 Å². The van der Waals surface area contributed by atoms with Crippen LogP contribution in [0.4, 0.5) is 11.4 Å². The summed E-state index contributed by atoms with van der Waals surface area (Å²) in [6.07, 6.45) is 3.03. The third-order valence-corrected chi connectivity index (χ3v) is 3.48. The standard InChI is InChI=1S/C13H18N2O4/c1-18-10-7-6-9(8-10)14-11-4-3-5-12(19-2)13(11)15(16)17/h3-5,9-10,14H,6-8H2,1-2H3. The van der Waals surface area contributed by atoms with Gasteiger partial charge in [0.2, 0.25) is 0 Å². The van der Waals surface area contributed by atoms with Gasteiger partial charge in [-0.05, 0) is 31.4 Å². The second kappa shape index (κ2) is 5.88. The molecular weight excluding hydrogens is 248 g/mol. The lowest BCUT2D eigenvalue weighted by Gasteiger charge is -2.15. The number of para-hydroxylation sites is 1. The fourth-order valence-electron chi connectivity index (χ4n) is 2.50. The number of benzene rings is 1. The van der Waals surface area contributed by atoms with Gasteiger partial charge in [0, 0.05) is 13.2 Å². The topological polar surface area (TPSA) is 73.6 Å². The van der Waals surface area contributed by atoms with Gasteiger partial charge in [-0.25, -0.2) is 0 Å². The minimum absolute atomic E-state index is 0.00846. The van der Waals surface area contributed by atoms with Crippen LogP contribution in [-0.4, -0.2) is 31.3 Å². The zero-order chi connectivity index (χ0) is 13.8. The van der Waals surface area contributed by atoms with Gasteiger partial charge in [-0.3, -0.25) is 10.1 Å². The smallest absolute Gasteiger partial charge is 0.333 e. The Morgan fingerprint density at radius 2 is 2.16 bits per heavy atom. The molecule has 6 nitrogen and oxygen atoms in total. The van der Waals surface area contributed by atoms with Crippen molar-refractivity contribution < 1.29 is 14.4 Å². The average Bonchev–Trinajstić information content (AvgIpc) is 2.85. The van der Waals surface area contributed by atoms with E-state index in [2.05, 4.69) is 5.32 Å². The lowest BCUT2D eigenvalue weighted by atomic mass is 10.2. The third kappa shape index (κ3) is 2.96. The van der Waals surface area contributed by atoms with Crippen molar-refractivity contribution in [3.63, 3.8) is 0 Å². The van der Waals surface area contributed by atoms with Crippen molar-refractivity contribution in [2.75, 3.05) is 19.5 Å². The van der Waals surface area contributed by atoms with Crippen LogP contribution in [0.3, 0.4) is 0 Å². The van der Waals surface area contributed by atoms with Crippen molar-refractivity contribution in [2.45, 2.75) is 31.4 Å². The second-order valence-corrected chi connectivity index (χ2v) is 4.63. The summed E-state index contributed by atoms with van der Waals surface area (Å²) in [5, 5.41) is 14.4. The van der Waals surface area contributed by atoms with E-state index in [1.54, 1.807) is 25.3 Å². The van der Waals surface area contributed by atoms with Gasteiger partial charge >= 0.3 is 5.69 Å². The van der Waals surface area contributed by atoms with E-state index in [4.69, 9.17) is 9.47 Å². The molecule has 1 aliphatic rings. The van der Waals surface area contributed by atoms with Crippen LogP contribution in [0.15, 0.2) is 18.2 Å². The number of methoxy groups -OCH3 is 2. The van der Waals surface area contributed by atoms with Gasteiger partial charge in [0.1, 0.15) is 5.69 Å². The number of hydrogen-bond donors (Lipinski definition) is 1. The monoisotopic (exact) mass is 266 g/mol. The van der Waals surface area contributed by atoms with E-state index in [-0.39, 0.29) is 23.6 Å². The predicted octanol–water partition coefficient (Wildman–Crippen LogP) is 2.58. The van der Waals surface area contributed by atoms with Gasteiger partial charge in [0.25, 0.3) is 0 Å². The zero-order valence-electron chi connectivity index (χ0n) is 11.1. The highest BCUT2D eigenvalue weighted by atomic mass is 16.6. The van der Waals surface area contributed by atoms with Gasteiger partial charge in [0.05, 0.1) is 18.1 Å². The molecule has 1 N–H and O–H groups in total. The molecule has 1 aromatic rings. The normalized spacial score (nSPS) is 22.2.